The number of nitrogens with one attached hydrogen (secondary N) is 1. The van der Waals surface area contributed by atoms with Gasteiger partial charge in [0.2, 0.25) is 0 Å². The van der Waals surface area contributed by atoms with Crippen molar-refractivity contribution in [2.24, 2.45) is 0 Å². The van der Waals surface area contributed by atoms with Gasteiger partial charge in [-0.05, 0) is 40.9 Å². The lowest BCUT2D eigenvalue weighted by Crippen LogP contribution is -2.09. The lowest BCUT2D eigenvalue weighted by Gasteiger charge is -2.09. The van der Waals surface area contributed by atoms with Crippen molar-refractivity contribution in [1.82, 2.24) is 0 Å². The molecular formula is C13H11F2NO2S. The molecule has 19 heavy (non-hydrogen) atoms. The first kappa shape index (κ1) is 13.5. The number of carboxylic acids is 1. The molecule has 1 aromatic heterocycles. The van der Waals surface area contributed by atoms with Gasteiger partial charge in [-0.2, -0.15) is 11.3 Å². The Morgan fingerprint density at radius 1 is 1.32 bits per heavy atom. The maximum atomic E-state index is 13.6. The number of hydrogen-bond acceptors (Lipinski definition) is 3. The van der Waals surface area contributed by atoms with Gasteiger partial charge in [0.1, 0.15) is 17.3 Å². The molecule has 0 spiro atoms. The van der Waals surface area contributed by atoms with E-state index in [1.54, 1.807) is 11.3 Å². The van der Waals surface area contributed by atoms with Crippen LogP contribution < -0.4 is 5.32 Å². The Balaban J connectivity index is 2.06. The zero-order valence-electron chi connectivity index (χ0n) is 9.82. The van der Waals surface area contributed by atoms with E-state index < -0.39 is 23.2 Å². The Morgan fingerprint density at radius 3 is 2.53 bits per heavy atom. The second-order valence-corrected chi connectivity index (χ2v) is 4.71. The van der Waals surface area contributed by atoms with Gasteiger partial charge < -0.3 is 10.4 Å². The fraction of sp³-hybridized carbons (Fsp3) is 0.154. The molecule has 0 aliphatic rings. The smallest absolute Gasteiger partial charge is 0.335 e. The van der Waals surface area contributed by atoms with E-state index >= 15 is 0 Å². The van der Waals surface area contributed by atoms with Crippen molar-refractivity contribution in [2.75, 3.05) is 11.9 Å². The summed E-state index contributed by atoms with van der Waals surface area (Å²) in [6.07, 6.45) is 0.642. The van der Waals surface area contributed by atoms with E-state index in [-0.39, 0.29) is 5.69 Å². The van der Waals surface area contributed by atoms with Gasteiger partial charge in [0.05, 0.1) is 5.56 Å². The summed E-state index contributed by atoms with van der Waals surface area (Å²) in [4.78, 5) is 10.6. The fourth-order valence-corrected chi connectivity index (χ4v) is 2.34. The zero-order valence-corrected chi connectivity index (χ0v) is 10.6. The Bertz CT molecular complexity index is 561. The Labute approximate surface area is 112 Å². The number of carboxylic acid groups (broad SMARTS) is 1. The Morgan fingerprint density at radius 2 is 2.00 bits per heavy atom. The molecule has 0 aliphatic carbocycles. The molecule has 0 unspecified atom stereocenters. The van der Waals surface area contributed by atoms with Crippen LogP contribution in [-0.2, 0) is 6.42 Å². The molecule has 0 atom stereocenters. The molecule has 0 saturated carbocycles. The highest BCUT2D eigenvalue weighted by molar-refractivity contribution is 7.07. The lowest BCUT2D eigenvalue weighted by atomic mass is 10.1. The third-order valence-corrected chi connectivity index (χ3v) is 3.32. The number of benzene rings is 1. The fourth-order valence-electron chi connectivity index (χ4n) is 1.63. The molecule has 0 aliphatic heterocycles. The third-order valence-electron chi connectivity index (χ3n) is 2.58. The minimum atomic E-state index is -1.36. The van der Waals surface area contributed by atoms with E-state index in [9.17, 15) is 13.6 Å². The first-order valence-electron chi connectivity index (χ1n) is 5.55. The summed E-state index contributed by atoms with van der Waals surface area (Å²) in [7, 11) is 0. The Hall–Kier alpha value is -1.95. The van der Waals surface area contributed by atoms with Crippen molar-refractivity contribution in [3.63, 3.8) is 0 Å². The summed E-state index contributed by atoms with van der Waals surface area (Å²) in [5.41, 5.74) is 0.388. The average molecular weight is 283 g/mol. The average Bonchev–Trinajstić information content (AvgIpc) is 2.85. The van der Waals surface area contributed by atoms with Crippen LogP contribution in [-0.4, -0.2) is 17.6 Å². The molecule has 0 amide bonds. The van der Waals surface area contributed by atoms with E-state index in [0.29, 0.717) is 13.0 Å². The predicted octanol–water partition coefficient (Wildman–Crippen LogP) is 3.38. The van der Waals surface area contributed by atoms with Crippen LogP contribution in [0.25, 0.3) is 0 Å². The van der Waals surface area contributed by atoms with E-state index in [2.05, 4.69) is 5.32 Å². The molecule has 2 N–H and O–H groups in total. The van der Waals surface area contributed by atoms with Crippen LogP contribution in [0.15, 0.2) is 29.0 Å². The topological polar surface area (TPSA) is 49.3 Å². The van der Waals surface area contributed by atoms with E-state index in [1.165, 1.54) is 0 Å². The van der Waals surface area contributed by atoms with Gasteiger partial charge in [-0.15, -0.1) is 0 Å². The number of anilines is 1. The number of rotatable bonds is 5. The first-order valence-corrected chi connectivity index (χ1v) is 6.49. The van der Waals surface area contributed by atoms with Crippen LogP contribution in [0, 0.1) is 11.6 Å². The zero-order chi connectivity index (χ0) is 13.8. The summed E-state index contributed by atoms with van der Waals surface area (Å²) >= 11 is 1.56. The number of halogens is 2. The Kier molecular flexibility index (Phi) is 4.11. The molecule has 2 rings (SSSR count). The standard InChI is InChI=1S/C13H11F2NO2S/c14-10-5-9(13(17)18)6-11(15)12(10)16-3-1-8-2-4-19-7-8/h2,4-7,16H,1,3H2,(H,17,18). The highest BCUT2D eigenvalue weighted by atomic mass is 32.1. The molecule has 1 aromatic carbocycles. The second kappa shape index (κ2) is 5.79. The molecule has 0 radical (unpaired) electrons. The first-order chi connectivity index (χ1) is 9.08. The normalized spacial score (nSPS) is 10.4. The molecule has 0 fully saturated rings. The largest absolute Gasteiger partial charge is 0.478 e. The summed E-state index contributed by atoms with van der Waals surface area (Å²) in [5.74, 6) is -3.16. The van der Waals surface area contributed by atoms with Gasteiger partial charge in [0.25, 0.3) is 0 Å². The SMILES string of the molecule is O=C(O)c1cc(F)c(NCCc2ccsc2)c(F)c1. The maximum Gasteiger partial charge on any atom is 0.335 e. The minimum Gasteiger partial charge on any atom is -0.478 e. The van der Waals surface area contributed by atoms with Crippen molar-refractivity contribution in [3.05, 3.63) is 51.7 Å². The van der Waals surface area contributed by atoms with Crippen LogP contribution >= 0.6 is 11.3 Å². The second-order valence-electron chi connectivity index (χ2n) is 3.93. The summed E-state index contributed by atoms with van der Waals surface area (Å²) < 4.78 is 27.1. The predicted molar refractivity (Wildman–Crippen MR) is 69.8 cm³/mol. The minimum absolute atomic E-state index is 0.291. The number of carbonyl (C=O) groups is 1. The molecular weight excluding hydrogens is 272 g/mol. The molecule has 3 nitrogen and oxygen atoms in total. The molecule has 1 heterocycles. The number of aromatic carboxylic acids is 1. The van der Waals surface area contributed by atoms with Crippen molar-refractivity contribution in [1.29, 1.82) is 0 Å². The van der Waals surface area contributed by atoms with Crippen LogP contribution in [0.1, 0.15) is 15.9 Å². The monoisotopic (exact) mass is 283 g/mol. The van der Waals surface area contributed by atoms with Crippen LogP contribution in [0.4, 0.5) is 14.5 Å². The van der Waals surface area contributed by atoms with Crippen molar-refractivity contribution in [2.45, 2.75) is 6.42 Å². The lowest BCUT2D eigenvalue weighted by molar-refractivity contribution is 0.0696. The van der Waals surface area contributed by atoms with E-state index in [0.717, 1.165) is 17.7 Å². The molecule has 0 saturated heterocycles. The number of thiophene rings is 1. The maximum absolute atomic E-state index is 13.6. The van der Waals surface area contributed by atoms with Gasteiger partial charge in [0, 0.05) is 6.54 Å². The quantitative estimate of drug-likeness (QED) is 0.884. The van der Waals surface area contributed by atoms with E-state index in [1.807, 2.05) is 16.8 Å². The summed E-state index contributed by atoms with van der Waals surface area (Å²) in [5, 5.41) is 15.2. The van der Waals surface area contributed by atoms with E-state index in [4.69, 9.17) is 5.11 Å². The summed E-state index contributed by atoms with van der Waals surface area (Å²) in [6.45, 7) is 0.372. The highest BCUT2D eigenvalue weighted by Gasteiger charge is 2.14. The third kappa shape index (κ3) is 3.29. The van der Waals surface area contributed by atoms with Gasteiger partial charge >= 0.3 is 5.97 Å². The van der Waals surface area contributed by atoms with Crippen molar-refractivity contribution >= 4 is 23.0 Å². The van der Waals surface area contributed by atoms with Gasteiger partial charge in [-0.1, -0.05) is 0 Å². The van der Waals surface area contributed by atoms with Crippen LogP contribution in [0.2, 0.25) is 0 Å². The van der Waals surface area contributed by atoms with Crippen molar-refractivity contribution < 1.29 is 18.7 Å². The number of hydrogen-bond donors (Lipinski definition) is 2. The molecule has 6 heteroatoms. The molecule has 100 valence electrons. The summed E-state index contributed by atoms with van der Waals surface area (Å²) in [6, 6.07) is 3.54. The van der Waals surface area contributed by atoms with Crippen LogP contribution in [0.3, 0.4) is 0 Å². The highest BCUT2D eigenvalue weighted by Crippen LogP contribution is 2.21. The van der Waals surface area contributed by atoms with Crippen LogP contribution in [0.5, 0.6) is 0 Å². The molecule has 2 aromatic rings. The van der Waals surface area contributed by atoms with Gasteiger partial charge in [-0.3, -0.25) is 0 Å². The van der Waals surface area contributed by atoms with Gasteiger partial charge in [-0.25, -0.2) is 13.6 Å². The van der Waals surface area contributed by atoms with Gasteiger partial charge in [0.15, 0.2) is 0 Å². The molecule has 0 bridgehead atoms. The van der Waals surface area contributed by atoms with Crippen molar-refractivity contribution in [3.8, 4) is 0 Å².